The molecule has 0 fully saturated rings. The fourth-order valence-electron chi connectivity index (χ4n) is 3.32. The third kappa shape index (κ3) is 3.88. The first-order valence-electron chi connectivity index (χ1n) is 9.34. The minimum absolute atomic E-state index is 1.02. The number of nitrogens with zero attached hydrogens (tertiary/aromatic N) is 1. The Morgan fingerprint density at radius 3 is 1.73 bits per heavy atom. The Balaban J connectivity index is 2.16. The van der Waals surface area contributed by atoms with Crippen LogP contribution in [0, 0.1) is 6.92 Å². The summed E-state index contributed by atoms with van der Waals surface area (Å²) in [6.45, 7) is 12.6. The smallest absolute Gasteiger partial charge is 0.0366 e. The average molecular weight is 341 g/mol. The normalized spacial score (nSPS) is 10.6. The lowest BCUT2D eigenvalue weighted by Crippen LogP contribution is -2.21. The van der Waals surface area contributed by atoms with Crippen LogP contribution in [0.3, 0.4) is 0 Å². The summed E-state index contributed by atoms with van der Waals surface area (Å²) >= 11 is 0. The van der Waals surface area contributed by atoms with E-state index in [9.17, 15) is 0 Å². The van der Waals surface area contributed by atoms with Crippen molar-refractivity contribution in [2.45, 2.75) is 20.8 Å². The lowest BCUT2D eigenvalue weighted by atomic mass is 9.94. The Labute approximate surface area is 156 Å². The van der Waals surface area contributed by atoms with Crippen molar-refractivity contribution in [2.75, 3.05) is 18.0 Å². The van der Waals surface area contributed by atoms with Crippen LogP contribution in [0.2, 0.25) is 0 Å². The molecule has 0 saturated heterocycles. The summed E-state index contributed by atoms with van der Waals surface area (Å²) in [5.41, 5.74) is 6.29. The molecule has 3 aromatic rings. The fraction of sp³-hybridized carbons (Fsp3) is 0.200. The quantitative estimate of drug-likeness (QED) is 0.660. The van der Waals surface area contributed by atoms with E-state index < -0.39 is 0 Å². The van der Waals surface area contributed by atoms with Crippen LogP contribution in [0.5, 0.6) is 0 Å². The highest BCUT2D eigenvalue weighted by molar-refractivity contribution is 5.80. The summed E-state index contributed by atoms with van der Waals surface area (Å²) < 4.78 is 0. The van der Waals surface area contributed by atoms with Crippen molar-refractivity contribution >= 4 is 17.8 Å². The number of anilines is 1. The maximum atomic E-state index is 4.01. The van der Waals surface area contributed by atoms with E-state index in [4.69, 9.17) is 0 Å². The van der Waals surface area contributed by atoms with E-state index in [1.54, 1.807) is 0 Å². The minimum atomic E-state index is 1.02. The van der Waals surface area contributed by atoms with Crippen LogP contribution >= 0.6 is 0 Å². The Bertz CT molecular complexity index is 939. The zero-order valence-electron chi connectivity index (χ0n) is 16.0. The second kappa shape index (κ2) is 8.05. The monoisotopic (exact) mass is 341 g/mol. The molecule has 0 bridgehead atoms. The predicted molar refractivity (Wildman–Crippen MR) is 114 cm³/mol. The lowest BCUT2D eigenvalue weighted by molar-refractivity contribution is 0.866. The summed E-state index contributed by atoms with van der Waals surface area (Å²) in [5, 5.41) is 2.26. The van der Waals surface area contributed by atoms with Gasteiger partial charge >= 0.3 is 0 Å². The molecule has 26 heavy (non-hydrogen) atoms. The first-order chi connectivity index (χ1) is 12.6. The first kappa shape index (κ1) is 18.0. The maximum Gasteiger partial charge on any atom is 0.0366 e. The molecule has 1 heteroatoms. The van der Waals surface area contributed by atoms with Gasteiger partial charge in [0.2, 0.25) is 0 Å². The van der Waals surface area contributed by atoms with Gasteiger partial charge in [0, 0.05) is 18.8 Å². The summed E-state index contributed by atoms with van der Waals surface area (Å²) in [5.74, 6) is 0. The lowest BCUT2D eigenvalue weighted by Gasteiger charge is -2.21. The fourth-order valence-corrected chi connectivity index (χ4v) is 3.32. The van der Waals surface area contributed by atoms with E-state index in [1.807, 2.05) is 0 Å². The van der Waals surface area contributed by atoms with Gasteiger partial charge in [-0.25, -0.2) is 0 Å². The standard InChI is InChI=1S/C25H27N/c1-5-26(6-2)24-17-15-23(16-18-24)25(21-11-7-19(3)8-12-21)22-13-9-20(4)10-14-22/h7-18H,3,5-6H2,1-2,4H3. The highest BCUT2D eigenvalue weighted by Crippen LogP contribution is 2.24. The molecule has 0 atom stereocenters. The van der Waals surface area contributed by atoms with Gasteiger partial charge in [-0.3, -0.25) is 0 Å². The van der Waals surface area contributed by atoms with Crippen LogP contribution in [0.25, 0.3) is 12.2 Å². The molecule has 0 radical (unpaired) electrons. The van der Waals surface area contributed by atoms with Crippen molar-refractivity contribution in [2.24, 2.45) is 0 Å². The molecule has 0 aliphatic carbocycles. The van der Waals surface area contributed by atoms with E-state index in [1.165, 1.54) is 33.2 Å². The Morgan fingerprint density at radius 1 is 0.731 bits per heavy atom. The number of hydrogen-bond acceptors (Lipinski definition) is 1. The summed E-state index contributed by atoms with van der Waals surface area (Å²) in [7, 11) is 0. The van der Waals surface area contributed by atoms with Gasteiger partial charge < -0.3 is 4.90 Å². The maximum absolute atomic E-state index is 4.01. The van der Waals surface area contributed by atoms with Gasteiger partial charge in [0.05, 0.1) is 0 Å². The van der Waals surface area contributed by atoms with Crippen LogP contribution < -0.4 is 15.3 Å². The molecule has 0 aliphatic heterocycles. The second-order valence-electron chi connectivity index (χ2n) is 6.66. The van der Waals surface area contributed by atoms with Gasteiger partial charge in [-0.1, -0.05) is 72.8 Å². The summed E-state index contributed by atoms with van der Waals surface area (Å²) in [4.78, 5) is 2.37. The molecule has 0 spiro atoms. The topological polar surface area (TPSA) is 3.24 Å². The Kier molecular flexibility index (Phi) is 5.58. The molecular weight excluding hydrogens is 314 g/mol. The number of benzene rings is 3. The van der Waals surface area contributed by atoms with Crippen molar-refractivity contribution < 1.29 is 0 Å². The van der Waals surface area contributed by atoms with Crippen molar-refractivity contribution in [3.05, 3.63) is 99.9 Å². The molecule has 3 aromatic carbocycles. The molecule has 0 saturated carbocycles. The average Bonchev–Trinajstić information content (AvgIpc) is 2.67. The minimum Gasteiger partial charge on any atom is -0.372 e. The van der Waals surface area contributed by atoms with Crippen LogP contribution in [0.15, 0.2) is 72.8 Å². The van der Waals surface area contributed by atoms with Gasteiger partial charge in [0.15, 0.2) is 0 Å². The Hall–Kier alpha value is -2.80. The van der Waals surface area contributed by atoms with Crippen molar-refractivity contribution in [3.8, 4) is 0 Å². The summed E-state index contributed by atoms with van der Waals surface area (Å²) in [6, 6.07) is 26.2. The van der Waals surface area contributed by atoms with E-state index >= 15 is 0 Å². The van der Waals surface area contributed by atoms with Crippen molar-refractivity contribution in [3.63, 3.8) is 0 Å². The van der Waals surface area contributed by atoms with Gasteiger partial charge in [-0.15, -0.1) is 0 Å². The molecule has 0 aromatic heterocycles. The SMILES string of the molecule is C=c1ccc(=C(c2ccc(C)cc2)c2ccc(N(CC)CC)cc2)cc1. The highest BCUT2D eigenvalue weighted by atomic mass is 15.1. The third-order valence-electron chi connectivity index (χ3n) is 4.87. The van der Waals surface area contributed by atoms with E-state index in [0.29, 0.717) is 0 Å². The van der Waals surface area contributed by atoms with E-state index in [-0.39, 0.29) is 0 Å². The van der Waals surface area contributed by atoms with Crippen LogP contribution in [0.1, 0.15) is 30.5 Å². The van der Waals surface area contributed by atoms with Gasteiger partial charge in [-0.05, 0) is 60.0 Å². The van der Waals surface area contributed by atoms with E-state index in [2.05, 4.69) is 105 Å². The molecular formula is C25H27N. The molecule has 3 rings (SSSR count). The highest BCUT2D eigenvalue weighted by Gasteiger charge is 2.08. The number of aryl methyl sites for hydroxylation is 1. The van der Waals surface area contributed by atoms with Crippen LogP contribution in [0.4, 0.5) is 5.69 Å². The van der Waals surface area contributed by atoms with Crippen molar-refractivity contribution in [1.29, 1.82) is 0 Å². The molecule has 1 nitrogen and oxygen atoms in total. The van der Waals surface area contributed by atoms with Crippen LogP contribution in [-0.2, 0) is 0 Å². The molecule has 0 aliphatic rings. The third-order valence-corrected chi connectivity index (χ3v) is 4.87. The van der Waals surface area contributed by atoms with Crippen molar-refractivity contribution in [1.82, 2.24) is 0 Å². The van der Waals surface area contributed by atoms with E-state index in [0.717, 1.165) is 18.3 Å². The van der Waals surface area contributed by atoms with Gasteiger partial charge in [0.25, 0.3) is 0 Å². The predicted octanol–water partition coefficient (Wildman–Crippen LogP) is 4.50. The second-order valence-corrected chi connectivity index (χ2v) is 6.66. The molecule has 132 valence electrons. The molecule has 0 N–H and O–H groups in total. The molecule has 0 amide bonds. The van der Waals surface area contributed by atoms with Gasteiger partial charge in [-0.2, -0.15) is 0 Å². The number of hydrogen-bond donors (Lipinski definition) is 0. The van der Waals surface area contributed by atoms with Crippen LogP contribution in [-0.4, -0.2) is 13.1 Å². The number of rotatable bonds is 5. The van der Waals surface area contributed by atoms with Gasteiger partial charge in [0.1, 0.15) is 0 Å². The largest absolute Gasteiger partial charge is 0.372 e. The zero-order chi connectivity index (χ0) is 18.5. The first-order valence-corrected chi connectivity index (χ1v) is 9.34. The Morgan fingerprint density at radius 2 is 1.23 bits per heavy atom. The summed E-state index contributed by atoms with van der Waals surface area (Å²) in [6.07, 6.45) is 0. The zero-order valence-corrected chi connectivity index (χ0v) is 16.0. The molecule has 0 heterocycles. The molecule has 0 unspecified atom stereocenters.